The summed E-state index contributed by atoms with van der Waals surface area (Å²) in [5.41, 5.74) is 6.92. The summed E-state index contributed by atoms with van der Waals surface area (Å²) in [5.74, 6) is 0. The average Bonchev–Trinajstić information content (AvgIpc) is 3.19. The minimum atomic E-state index is 0.645. The Hall–Kier alpha value is -0.870. The molecular formula is C15H26N4. The second-order valence-corrected chi connectivity index (χ2v) is 6.07. The van der Waals surface area contributed by atoms with Crippen molar-refractivity contribution in [1.29, 1.82) is 0 Å². The van der Waals surface area contributed by atoms with E-state index in [9.17, 15) is 0 Å². The first-order valence-corrected chi connectivity index (χ1v) is 7.85. The second-order valence-electron chi connectivity index (χ2n) is 6.07. The van der Waals surface area contributed by atoms with Gasteiger partial charge in [0.05, 0.1) is 11.7 Å². The molecule has 1 aromatic heterocycles. The average molecular weight is 262 g/mol. The minimum absolute atomic E-state index is 0.645. The predicted molar refractivity (Wildman–Crippen MR) is 76.8 cm³/mol. The van der Waals surface area contributed by atoms with Gasteiger partial charge < -0.3 is 5.73 Å². The molecular weight excluding hydrogens is 236 g/mol. The number of rotatable bonds is 6. The highest BCUT2D eigenvalue weighted by Crippen LogP contribution is 2.29. The second kappa shape index (κ2) is 6.06. The summed E-state index contributed by atoms with van der Waals surface area (Å²) < 4.78 is 2.21. The maximum atomic E-state index is 5.70. The van der Waals surface area contributed by atoms with Crippen LogP contribution in [0, 0.1) is 0 Å². The van der Waals surface area contributed by atoms with Crippen LogP contribution in [0.25, 0.3) is 0 Å². The van der Waals surface area contributed by atoms with Crippen molar-refractivity contribution < 1.29 is 0 Å². The van der Waals surface area contributed by atoms with Crippen LogP contribution < -0.4 is 5.73 Å². The summed E-state index contributed by atoms with van der Waals surface area (Å²) in [7, 11) is 0. The molecule has 2 aliphatic carbocycles. The van der Waals surface area contributed by atoms with Gasteiger partial charge in [0, 0.05) is 31.9 Å². The number of nitrogens with zero attached hydrogens (tertiary/aromatic N) is 3. The van der Waals surface area contributed by atoms with Gasteiger partial charge in [-0.1, -0.05) is 19.3 Å². The molecule has 3 rings (SSSR count). The van der Waals surface area contributed by atoms with Crippen molar-refractivity contribution in [3.05, 3.63) is 18.0 Å². The highest BCUT2D eigenvalue weighted by Gasteiger charge is 2.28. The fourth-order valence-corrected chi connectivity index (χ4v) is 3.21. The monoisotopic (exact) mass is 262 g/mol. The van der Waals surface area contributed by atoms with Gasteiger partial charge in [-0.3, -0.25) is 9.58 Å². The summed E-state index contributed by atoms with van der Waals surface area (Å²) in [4.78, 5) is 2.49. The van der Waals surface area contributed by atoms with Gasteiger partial charge in [-0.15, -0.1) is 0 Å². The van der Waals surface area contributed by atoms with Gasteiger partial charge in [0.25, 0.3) is 0 Å². The van der Waals surface area contributed by atoms with Gasteiger partial charge in [0.2, 0.25) is 0 Å². The summed E-state index contributed by atoms with van der Waals surface area (Å²) >= 11 is 0. The summed E-state index contributed by atoms with van der Waals surface area (Å²) in [5, 5.41) is 4.80. The van der Waals surface area contributed by atoms with Crippen molar-refractivity contribution in [3.8, 4) is 0 Å². The van der Waals surface area contributed by atoms with Crippen LogP contribution in [-0.2, 0) is 6.54 Å². The molecule has 2 aliphatic rings. The van der Waals surface area contributed by atoms with E-state index in [2.05, 4.69) is 21.8 Å². The zero-order valence-corrected chi connectivity index (χ0v) is 11.8. The number of aromatic nitrogens is 2. The minimum Gasteiger partial charge on any atom is -0.329 e. The van der Waals surface area contributed by atoms with E-state index in [1.54, 1.807) is 0 Å². The zero-order valence-electron chi connectivity index (χ0n) is 11.8. The number of hydrogen-bond acceptors (Lipinski definition) is 3. The molecule has 0 radical (unpaired) electrons. The largest absolute Gasteiger partial charge is 0.329 e. The van der Waals surface area contributed by atoms with E-state index in [4.69, 9.17) is 10.8 Å². The maximum absolute atomic E-state index is 5.70. The zero-order chi connectivity index (χ0) is 13.1. The highest BCUT2D eigenvalue weighted by molar-refractivity contribution is 5.01. The van der Waals surface area contributed by atoms with Crippen LogP contribution in [0.2, 0.25) is 0 Å². The number of hydrogen-bond donors (Lipinski definition) is 1. The predicted octanol–water partition coefficient (Wildman–Crippen LogP) is 2.31. The molecule has 0 amide bonds. The smallest absolute Gasteiger partial charge is 0.0765 e. The summed E-state index contributed by atoms with van der Waals surface area (Å²) in [6.07, 6.45) is 11.6. The first kappa shape index (κ1) is 13.1. The lowest BCUT2D eigenvalue weighted by molar-refractivity contribution is 0.256. The van der Waals surface area contributed by atoms with E-state index in [0.717, 1.165) is 25.7 Å². The normalized spacial score (nSPS) is 21.2. The van der Waals surface area contributed by atoms with Crippen LogP contribution in [0.3, 0.4) is 0 Å². The molecule has 0 atom stereocenters. The van der Waals surface area contributed by atoms with Crippen LogP contribution >= 0.6 is 0 Å². The topological polar surface area (TPSA) is 47.1 Å². The fraction of sp³-hybridized carbons (Fsp3) is 0.800. The van der Waals surface area contributed by atoms with Crippen LogP contribution in [-0.4, -0.2) is 33.8 Å². The van der Waals surface area contributed by atoms with Crippen LogP contribution in [0.4, 0.5) is 0 Å². The third-order valence-corrected chi connectivity index (χ3v) is 4.46. The molecule has 1 heterocycles. The third-order valence-electron chi connectivity index (χ3n) is 4.46. The van der Waals surface area contributed by atoms with Crippen LogP contribution in [0.5, 0.6) is 0 Å². The molecule has 1 aromatic rings. The Balaban J connectivity index is 1.60. The molecule has 0 aliphatic heterocycles. The molecule has 4 nitrogen and oxygen atoms in total. The first-order valence-electron chi connectivity index (χ1n) is 7.85. The van der Waals surface area contributed by atoms with Crippen molar-refractivity contribution in [2.24, 2.45) is 5.73 Å². The fourth-order valence-electron chi connectivity index (χ4n) is 3.21. The quantitative estimate of drug-likeness (QED) is 0.856. The third kappa shape index (κ3) is 3.37. The molecule has 0 spiro atoms. The lowest BCUT2D eigenvalue weighted by Crippen LogP contribution is -2.31. The molecule has 0 aromatic carbocycles. The Morgan fingerprint density at radius 3 is 2.68 bits per heavy atom. The molecule has 2 N–H and O–H groups in total. The Kier molecular flexibility index (Phi) is 4.18. The summed E-state index contributed by atoms with van der Waals surface area (Å²) in [6.45, 7) is 2.72. The SMILES string of the molecule is NCCN(Cc1ccn(C2CCCCC2)n1)C1CC1. The van der Waals surface area contributed by atoms with Gasteiger partial charge in [-0.05, 0) is 31.7 Å². The van der Waals surface area contributed by atoms with E-state index in [1.165, 1.54) is 50.6 Å². The molecule has 106 valence electrons. The van der Waals surface area contributed by atoms with Crippen molar-refractivity contribution in [2.45, 2.75) is 63.6 Å². The Bertz CT molecular complexity index is 391. The Morgan fingerprint density at radius 2 is 2.00 bits per heavy atom. The van der Waals surface area contributed by atoms with E-state index in [1.807, 2.05) is 0 Å². The standard InChI is InChI=1S/C15H26N4/c16-9-11-18(14-6-7-14)12-13-8-10-19(17-13)15-4-2-1-3-5-15/h8,10,14-15H,1-7,9,11-12,16H2. The molecule has 0 unspecified atom stereocenters. The van der Waals surface area contributed by atoms with Crippen molar-refractivity contribution in [2.75, 3.05) is 13.1 Å². The molecule has 19 heavy (non-hydrogen) atoms. The molecule has 0 bridgehead atoms. The van der Waals surface area contributed by atoms with Crippen molar-refractivity contribution >= 4 is 0 Å². The molecule has 2 saturated carbocycles. The first-order chi connectivity index (χ1) is 9.36. The van der Waals surface area contributed by atoms with E-state index < -0.39 is 0 Å². The summed E-state index contributed by atoms with van der Waals surface area (Å²) in [6, 6.07) is 3.61. The van der Waals surface area contributed by atoms with Crippen LogP contribution in [0.15, 0.2) is 12.3 Å². The van der Waals surface area contributed by atoms with Gasteiger partial charge in [-0.2, -0.15) is 5.10 Å². The Labute approximate surface area is 116 Å². The Morgan fingerprint density at radius 1 is 1.21 bits per heavy atom. The maximum Gasteiger partial charge on any atom is 0.0765 e. The number of nitrogens with two attached hydrogens (primary N) is 1. The van der Waals surface area contributed by atoms with Gasteiger partial charge in [0.1, 0.15) is 0 Å². The van der Waals surface area contributed by atoms with E-state index >= 15 is 0 Å². The van der Waals surface area contributed by atoms with Crippen molar-refractivity contribution in [1.82, 2.24) is 14.7 Å². The van der Waals surface area contributed by atoms with E-state index in [0.29, 0.717) is 6.04 Å². The lowest BCUT2D eigenvalue weighted by Gasteiger charge is -2.22. The van der Waals surface area contributed by atoms with Crippen molar-refractivity contribution in [3.63, 3.8) is 0 Å². The molecule has 0 saturated heterocycles. The van der Waals surface area contributed by atoms with E-state index in [-0.39, 0.29) is 0 Å². The highest BCUT2D eigenvalue weighted by atomic mass is 15.3. The lowest BCUT2D eigenvalue weighted by atomic mass is 9.96. The van der Waals surface area contributed by atoms with Crippen LogP contribution in [0.1, 0.15) is 56.7 Å². The molecule has 4 heteroatoms. The van der Waals surface area contributed by atoms with Gasteiger partial charge in [0.15, 0.2) is 0 Å². The molecule has 2 fully saturated rings. The van der Waals surface area contributed by atoms with Gasteiger partial charge in [-0.25, -0.2) is 0 Å². The van der Waals surface area contributed by atoms with Gasteiger partial charge >= 0.3 is 0 Å².